The van der Waals surface area contributed by atoms with Crippen LogP contribution in [0.15, 0.2) is 0 Å². The molecule has 0 bridgehead atoms. The zero-order valence-corrected chi connectivity index (χ0v) is 6.40. The van der Waals surface area contributed by atoms with E-state index in [-0.39, 0.29) is 24.2 Å². The summed E-state index contributed by atoms with van der Waals surface area (Å²) in [6.07, 6.45) is 4.51. The van der Waals surface area contributed by atoms with Crippen molar-refractivity contribution in [2.75, 3.05) is 0 Å². The van der Waals surface area contributed by atoms with Crippen LogP contribution in [-0.4, -0.2) is 6.29 Å². The van der Waals surface area contributed by atoms with E-state index in [1.54, 1.807) is 0 Å². The van der Waals surface area contributed by atoms with Crippen LogP contribution in [0.25, 0.3) is 0 Å². The van der Waals surface area contributed by atoms with Crippen LogP contribution in [0, 0.1) is 7.43 Å². The number of rotatable bonds is 3. The maximum absolute atomic E-state index is 9.44. The predicted molar refractivity (Wildman–Crippen MR) is 31.6 cm³/mol. The molecule has 0 heterocycles. The van der Waals surface area contributed by atoms with Gasteiger partial charge in [-0.3, -0.25) is 6.29 Å². The van der Waals surface area contributed by atoms with Crippen LogP contribution in [0.1, 0.15) is 26.2 Å². The zero-order valence-electron chi connectivity index (χ0n) is 5.36. The van der Waals surface area contributed by atoms with Gasteiger partial charge in [0.25, 0.3) is 0 Å². The maximum atomic E-state index is 9.44. The molecule has 0 atom stereocenters. The molecule has 8 heavy (non-hydrogen) atoms. The van der Waals surface area contributed by atoms with Crippen molar-refractivity contribution in [2.24, 2.45) is 0 Å². The standard InChI is InChI=1S/C5H9O.CH3.Co/c1-2-3-4-5-6;;/h2-4H2,1H3;1H3;/q2*-1;+2. The molecule has 2 heteroatoms. The molecule has 0 aliphatic carbocycles. The molecule has 0 aromatic heterocycles. The molecule has 0 N–H and O–H groups in total. The fraction of sp³-hybridized carbons (Fsp3) is 0.667. The van der Waals surface area contributed by atoms with Gasteiger partial charge in [-0.05, 0) is 0 Å². The molecule has 0 saturated heterocycles. The molecule has 0 aliphatic heterocycles. The first-order valence-corrected chi connectivity index (χ1v) is 2.26. The van der Waals surface area contributed by atoms with Crippen molar-refractivity contribution in [2.45, 2.75) is 26.2 Å². The van der Waals surface area contributed by atoms with Crippen molar-refractivity contribution in [1.82, 2.24) is 0 Å². The van der Waals surface area contributed by atoms with Crippen molar-refractivity contribution in [3.63, 3.8) is 0 Å². The number of carbonyl (C=O) groups excluding carboxylic acids is 1. The van der Waals surface area contributed by atoms with Gasteiger partial charge in [-0.25, -0.2) is 0 Å². The van der Waals surface area contributed by atoms with E-state index in [4.69, 9.17) is 0 Å². The molecule has 0 aromatic carbocycles. The number of hydrogen-bond acceptors (Lipinski definition) is 1. The Hall–Kier alpha value is 0.176. The largest absolute Gasteiger partial charge is 2.00 e. The van der Waals surface area contributed by atoms with Crippen molar-refractivity contribution in [3.8, 4) is 0 Å². The van der Waals surface area contributed by atoms with Gasteiger partial charge >= 0.3 is 16.8 Å². The molecular weight excluding hydrogens is 147 g/mol. The Balaban J connectivity index is -0.000000125. The normalized spacial score (nSPS) is 6.12. The van der Waals surface area contributed by atoms with E-state index in [0.29, 0.717) is 6.42 Å². The second-order valence-electron chi connectivity index (χ2n) is 1.25. The Morgan fingerprint density at radius 1 is 1.50 bits per heavy atom. The van der Waals surface area contributed by atoms with Gasteiger partial charge in [0.15, 0.2) is 0 Å². The second-order valence-corrected chi connectivity index (χ2v) is 1.25. The minimum absolute atomic E-state index is 0. The van der Waals surface area contributed by atoms with Gasteiger partial charge in [0.05, 0.1) is 0 Å². The quantitative estimate of drug-likeness (QED) is 0.452. The van der Waals surface area contributed by atoms with Gasteiger partial charge in [-0.2, -0.15) is 6.42 Å². The molecule has 0 aliphatic rings. The SMILES string of the molecule is CCCC[C-]=O.[CH3-].[Co+2]. The summed E-state index contributed by atoms with van der Waals surface area (Å²) in [5.74, 6) is 0. The number of hydrogen-bond donors (Lipinski definition) is 0. The molecule has 0 saturated carbocycles. The third kappa shape index (κ3) is 16.4. The average Bonchev–Trinajstić information content (AvgIpc) is 1.61. The molecule has 0 spiro atoms. The summed E-state index contributed by atoms with van der Waals surface area (Å²) >= 11 is 0. The molecule has 0 aromatic rings. The van der Waals surface area contributed by atoms with Crippen molar-refractivity contribution < 1.29 is 21.6 Å². The van der Waals surface area contributed by atoms with E-state index in [2.05, 4.69) is 6.92 Å². The fourth-order valence-corrected chi connectivity index (χ4v) is 0.249. The van der Waals surface area contributed by atoms with Crippen LogP contribution >= 0.6 is 0 Å². The Labute approximate surface area is 62.1 Å². The summed E-state index contributed by atoms with van der Waals surface area (Å²) in [6.45, 7) is 2.05. The summed E-state index contributed by atoms with van der Waals surface area (Å²) in [5, 5.41) is 0. The first kappa shape index (κ1) is 15.7. The minimum atomic E-state index is 0. The average molecular weight is 159 g/mol. The van der Waals surface area contributed by atoms with Gasteiger partial charge in [0, 0.05) is 0 Å². The van der Waals surface area contributed by atoms with E-state index >= 15 is 0 Å². The summed E-state index contributed by atoms with van der Waals surface area (Å²) in [4.78, 5) is 9.44. The van der Waals surface area contributed by atoms with Crippen molar-refractivity contribution in [1.29, 1.82) is 0 Å². The Morgan fingerprint density at radius 2 is 2.00 bits per heavy atom. The second kappa shape index (κ2) is 15.7. The summed E-state index contributed by atoms with van der Waals surface area (Å²) < 4.78 is 0. The third-order valence-corrected chi connectivity index (χ3v) is 0.632. The van der Waals surface area contributed by atoms with Gasteiger partial charge in [0.1, 0.15) is 0 Å². The zero-order chi connectivity index (χ0) is 4.83. The molecule has 51 valence electrons. The molecule has 0 fully saturated rings. The van der Waals surface area contributed by atoms with E-state index in [0.717, 1.165) is 12.8 Å². The van der Waals surface area contributed by atoms with Crippen molar-refractivity contribution >= 4 is 6.29 Å². The topological polar surface area (TPSA) is 17.1 Å². The van der Waals surface area contributed by atoms with Crippen LogP contribution in [0.2, 0.25) is 0 Å². The third-order valence-electron chi connectivity index (χ3n) is 0.632. The van der Waals surface area contributed by atoms with Crippen LogP contribution in [0.3, 0.4) is 0 Å². The molecular formula is C6H12CoO. The Bertz CT molecular complexity index is 37.5. The molecule has 0 amide bonds. The van der Waals surface area contributed by atoms with E-state index in [1.165, 1.54) is 0 Å². The van der Waals surface area contributed by atoms with E-state index in [1.807, 2.05) is 6.29 Å². The van der Waals surface area contributed by atoms with E-state index in [9.17, 15) is 4.79 Å². The fourth-order valence-electron chi connectivity index (χ4n) is 0.249. The predicted octanol–water partition coefficient (Wildman–Crippen LogP) is 1.73. The van der Waals surface area contributed by atoms with Crippen LogP contribution in [-0.2, 0) is 21.6 Å². The first-order valence-electron chi connectivity index (χ1n) is 2.26. The summed E-state index contributed by atoms with van der Waals surface area (Å²) in [7, 11) is 0. The monoisotopic (exact) mass is 159 g/mol. The van der Waals surface area contributed by atoms with Gasteiger partial charge in [-0.1, -0.05) is 19.8 Å². The summed E-state index contributed by atoms with van der Waals surface area (Å²) in [6, 6.07) is 0. The van der Waals surface area contributed by atoms with Crippen molar-refractivity contribution in [3.05, 3.63) is 7.43 Å². The molecule has 0 rings (SSSR count). The Kier molecular flexibility index (Phi) is 30.8. The van der Waals surface area contributed by atoms with Gasteiger partial charge in [-0.15, -0.1) is 0 Å². The van der Waals surface area contributed by atoms with E-state index < -0.39 is 0 Å². The van der Waals surface area contributed by atoms with Crippen LogP contribution in [0.5, 0.6) is 0 Å². The first-order chi connectivity index (χ1) is 2.91. The number of unbranched alkanes of at least 4 members (excludes halogenated alkanes) is 2. The van der Waals surface area contributed by atoms with Gasteiger partial charge < -0.3 is 12.2 Å². The minimum Gasteiger partial charge on any atom is -0.542 e. The maximum Gasteiger partial charge on any atom is 2.00 e. The van der Waals surface area contributed by atoms with Crippen LogP contribution in [0.4, 0.5) is 0 Å². The van der Waals surface area contributed by atoms with Crippen LogP contribution < -0.4 is 0 Å². The molecule has 1 nitrogen and oxygen atoms in total. The summed E-state index contributed by atoms with van der Waals surface area (Å²) in [5.41, 5.74) is 0. The Morgan fingerprint density at radius 3 is 2.12 bits per heavy atom. The smallest absolute Gasteiger partial charge is 0.542 e. The molecule has 1 radical (unpaired) electrons. The van der Waals surface area contributed by atoms with Gasteiger partial charge in [0.2, 0.25) is 0 Å². The molecule has 0 unspecified atom stereocenters.